The van der Waals surface area contributed by atoms with E-state index in [1.807, 2.05) is 26.1 Å². The van der Waals surface area contributed by atoms with Crippen molar-refractivity contribution in [2.75, 3.05) is 32.1 Å². The van der Waals surface area contributed by atoms with Gasteiger partial charge in [0.25, 0.3) is 0 Å². The Morgan fingerprint density at radius 3 is 2.66 bits per heavy atom. The van der Waals surface area contributed by atoms with Crippen molar-refractivity contribution in [2.45, 2.75) is 58.0 Å². The van der Waals surface area contributed by atoms with Crippen molar-refractivity contribution in [1.29, 1.82) is 0 Å². The minimum atomic E-state index is -4.43. The van der Waals surface area contributed by atoms with Crippen LogP contribution >= 0.6 is 0 Å². The fourth-order valence-corrected chi connectivity index (χ4v) is 4.38. The van der Waals surface area contributed by atoms with Crippen LogP contribution < -0.4 is 10.1 Å². The number of aromatic nitrogens is 1. The van der Waals surface area contributed by atoms with Gasteiger partial charge in [0, 0.05) is 55.6 Å². The molecule has 0 saturated heterocycles. The number of likely N-dealkylation sites (N-methyl/N-ethyl adjacent to an activating group) is 1. The summed E-state index contributed by atoms with van der Waals surface area (Å²) >= 11 is 0. The smallest absolute Gasteiger partial charge is 0.389 e. The lowest BCUT2D eigenvalue weighted by atomic mass is 10.0. The standard InChI is InChI=1S/C27H35F3N4O4/c1-18-14-34(19(2)17-35)26(37)13-21-12-22(32-25(36)6-9-27(28,29)30)4-5-23(21)38-24(18)16-33(3)15-20-7-10-31-11-8-20/h4-5,7-8,10-12,18-19,24,35H,6,9,13-17H2,1-3H3,(H,32,36)/t18-,19+,24-/m0/s1. The van der Waals surface area contributed by atoms with E-state index in [-0.39, 0.29) is 36.6 Å². The fourth-order valence-electron chi connectivity index (χ4n) is 4.38. The van der Waals surface area contributed by atoms with Crippen LogP contribution in [0.2, 0.25) is 0 Å². The second kappa shape index (κ2) is 13.1. The third-order valence-electron chi connectivity index (χ3n) is 6.53. The molecule has 11 heteroatoms. The molecule has 0 unspecified atom stereocenters. The molecule has 0 spiro atoms. The van der Waals surface area contributed by atoms with Crippen molar-refractivity contribution in [3.8, 4) is 5.75 Å². The number of carbonyl (C=O) groups is 2. The highest BCUT2D eigenvalue weighted by atomic mass is 19.4. The Hall–Kier alpha value is -3.18. The fraction of sp³-hybridized carbons (Fsp3) is 0.519. The number of aliphatic hydroxyl groups is 1. The summed E-state index contributed by atoms with van der Waals surface area (Å²) in [5.74, 6) is -0.591. The number of amides is 2. The lowest BCUT2D eigenvalue weighted by Gasteiger charge is -2.34. The summed E-state index contributed by atoms with van der Waals surface area (Å²) in [6.45, 7) is 5.16. The number of nitrogens with zero attached hydrogens (tertiary/aromatic N) is 3. The van der Waals surface area contributed by atoms with Gasteiger partial charge in [-0.05, 0) is 49.9 Å². The normalized spacial score (nSPS) is 19.2. The lowest BCUT2D eigenvalue weighted by molar-refractivity contribution is -0.142. The monoisotopic (exact) mass is 536 g/mol. The zero-order chi connectivity index (χ0) is 27.9. The number of benzene rings is 1. The van der Waals surface area contributed by atoms with Gasteiger partial charge in [0.15, 0.2) is 0 Å². The molecule has 38 heavy (non-hydrogen) atoms. The molecular weight excluding hydrogens is 501 g/mol. The molecule has 2 N–H and O–H groups in total. The Morgan fingerprint density at radius 1 is 1.29 bits per heavy atom. The van der Waals surface area contributed by atoms with E-state index in [2.05, 4.69) is 15.2 Å². The molecule has 1 aliphatic rings. The van der Waals surface area contributed by atoms with E-state index < -0.39 is 31.0 Å². The number of hydrogen-bond donors (Lipinski definition) is 2. The predicted molar refractivity (Wildman–Crippen MR) is 136 cm³/mol. The first kappa shape index (κ1) is 29.4. The van der Waals surface area contributed by atoms with E-state index in [0.717, 1.165) is 5.56 Å². The van der Waals surface area contributed by atoms with Crippen molar-refractivity contribution in [2.24, 2.45) is 5.92 Å². The van der Waals surface area contributed by atoms with Gasteiger partial charge in [-0.2, -0.15) is 13.2 Å². The molecule has 0 bridgehead atoms. The SMILES string of the molecule is C[C@H](CO)N1C[C@H](C)[C@H](CN(C)Cc2ccncc2)Oc2ccc(NC(=O)CCC(F)(F)F)cc2CC1=O. The number of alkyl halides is 3. The number of halogens is 3. The van der Waals surface area contributed by atoms with Gasteiger partial charge in [-0.25, -0.2) is 0 Å². The van der Waals surface area contributed by atoms with Crippen LogP contribution in [0.25, 0.3) is 0 Å². The molecule has 0 fully saturated rings. The van der Waals surface area contributed by atoms with Gasteiger partial charge in [-0.3, -0.25) is 19.5 Å². The zero-order valence-electron chi connectivity index (χ0n) is 21.9. The van der Waals surface area contributed by atoms with Crippen molar-refractivity contribution >= 4 is 17.5 Å². The molecule has 0 aliphatic carbocycles. The first-order chi connectivity index (χ1) is 17.9. The molecule has 2 amide bonds. The summed E-state index contributed by atoms with van der Waals surface area (Å²) in [5, 5.41) is 12.3. The summed E-state index contributed by atoms with van der Waals surface area (Å²) in [5.41, 5.74) is 1.89. The molecule has 8 nitrogen and oxygen atoms in total. The van der Waals surface area contributed by atoms with Crippen LogP contribution in [-0.2, 0) is 22.6 Å². The van der Waals surface area contributed by atoms with Crippen LogP contribution in [0.4, 0.5) is 18.9 Å². The van der Waals surface area contributed by atoms with Crippen LogP contribution in [0.1, 0.15) is 37.8 Å². The van der Waals surface area contributed by atoms with E-state index in [9.17, 15) is 27.9 Å². The van der Waals surface area contributed by atoms with Crippen LogP contribution in [0.5, 0.6) is 5.75 Å². The second-order valence-corrected chi connectivity index (χ2v) is 9.93. The van der Waals surface area contributed by atoms with Crippen molar-refractivity contribution in [3.05, 3.63) is 53.9 Å². The molecule has 2 heterocycles. The van der Waals surface area contributed by atoms with E-state index in [4.69, 9.17) is 4.74 Å². The van der Waals surface area contributed by atoms with Gasteiger partial charge in [0.1, 0.15) is 11.9 Å². The van der Waals surface area contributed by atoms with Crippen molar-refractivity contribution in [1.82, 2.24) is 14.8 Å². The maximum Gasteiger partial charge on any atom is 0.389 e. The number of fused-ring (bicyclic) bond motifs is 1. The third-order valence-corrected chi connectivity index (χ3v) is 6.53. The summed E-state index contributed by atoms with van der Waals surface area (Å²) in [7, 11) is 1.98. The lowest BCUT2D eigenvalue weighted by Crippen LogP contribution is -2.47. The molecule has 3 atom stereocenters. The highest BCUT2D eigenvalue weighted by molar-refractivity contribution is 5.91. The largest absolute Gasteiger partial charge is 0.488 e. The van der Waals surface area contributed by atoms with Gasteiger partial charge >= 0.3 is 6.18 Å². The van der Waals surface area contributed by atoms with Gasteiger partial charge in [-0.1, -0.05) is 6.92 Å². The summed E-state index contributed by atoms with van der Waals surface area (Å²) < 4.78 is 43.9. The molecule has 1 aliphatic heterocycles. The minimum Gasteiger partial charge on any atom is -0.488 e. The summed E-state index contributed by atoms with van der Waals surface area (Å²) in [4.78, 5) is 33.1. The number of anilines is 1. The molecular formula is C27H35F3N4O4. The molecule has 3 rings (SSSR count). The number of rotatable bonds is 9. The first-order valence-corrected chi connectivity index (χ1v) is 12.6. The average Bonchev–Trinajstić information content (AvgIpc) is 2.90. The van der Waals surface area contributed by atoms with Gasteiger partial charge in [-0.15, -0.1) is 0 Å². The molecule has 208 valence electrons. The van der Waals surface area contributed by atoms with E-state index in [0.29, 0.717) is 30.9 Å². The Balaban J connectivity index is 1.84. The number of aliphatic hydroxyl groups excluding tert-OH is 1. The van der Waals surface area contributed by atoms with E-state index in [1.165, 1.54) is 0 Å². The van der Waals surface area contributed by atoms with Gasteiger partial charge < -0.3 is 20.1 Å². The second-order valence-electron chi connectivity index (χ2n) is 9.93. The molecule has 1 aromatic carbocycles. The summed E-state index contributed by atoms with van der Waals surface area (Å²) in [6.07, 6.45) is -3.22. The minimum absolute atomic E-state index is 0.0434. The first-order valence-electron chi connectivity index (χ1n) is 12.6. The molecule has 1 aromatic heterocycles. The van der Waals surface area contributed by atoms with Crippen molar-refractivity contribution < 1.29 is 32.6 Å². The number of nitrogens with one attached hydrogen (secondary N) is 1. The maximum absolute atomic E-state index is 13.3. The highest BCUT2D eigenvalue weighted by Crippen LogP contribution is 2.30. The zero-order valence-corrected chi connectivity index (χ0v) is 21.9. The van der Waals surface area contributed by atoms with E-state index in [1.54, 1.807) is 42.4 Å². The Morgan fingerprint density at radius 2 is 2.00 bits per heavy atom. The van der Waals surface area contributed by atoms with Gasteiger partial charge in [0.2, 0.25) is 11.8 Å². The van der Waals surface area contributed by atoms with E-state index >= 15 is 0 Å². The van der Waals surface area contributed by atoms with Crippen LogP contribution in [0.3, 0.4) is 0 Å². The number of carbonyl (C=O) groups excluding carboxylic acids is 2. The quantitative estimate of drug-likeness (QED) is 0.508. The maximum atomic E-state index is 13.3. The Bertz CT molecular complexity index is 1080. The van der Waals surface area contributed by atoms with Crippen molar-refractivity contribution in [3.63, 3.8) is 0 Å². The molecule has 0 saturated carbocycles. The number of ether oxygens (including phenoxy) is 1. The van der Waals surface area contributed by atoms with Crippen LogP contribution in [-0.4, -0.2) is 76.8 Å². The van der Waals surface area contributed by atoms with Crippen LogP contribution in [0.15, 0.2) is 42.7 Å². The average molecular weight is 537 g/mol. The molecule has 0 radical (unpaired) electrons. The summed E-state index contributed by atoms with van der Waals surface area (Å²) in [6, 6.07) is 8.22. The highest BCUT2D eigenvalue weighted by Gasteiger charge is 2.31. The molecule has 2 aromatic rings. The predicted octanol–water partition coefficient (Wildman–Crippen LogP) is 3.64. The van der Waals surface area contributed by atoms with Crippen LogP contribution in [0, 0.1) is 5.92 Å². The number of hydrogen-bond acceptors (Lipinski definition) is 6. The third kappa shape index (κ3) is 8.70. The number of pyridine rings is 1. The Labute approximate surface area is 220 Å². The van der Waals surface area contributed by atoms with Gasteiger partial charge in [0.05, 0.1) is 25.5 Å². The Kier molecular flexibility index (Phi) is 10.1. The topological polar surface area (TPSA) is 95.0 Å².